The van der Waals surface area contributed by atoms with Crippen molar-refractivity contribution >= 4 is 11.6 Å². The van der Waals surface area contributed by atoms with E-state index in [2.05, 4.69) is 0 Å². The predicted octanol–water partition coefficient (Wildman–Crippen LogP) is 1.06. The van der Waals surface area contributed by atoms with Crippen molar-refractivity contribution in [3.05, 3.63) is 29.8 Å². The summed E-state index contributed by atoms with van der Waals surface area (Å²) in [5.41, 5.74) is 7.59. The molecule has 0 spiro atoms. The molecule has 0 aromatic heterocycles. The minimum absolute atomic E-state index is 0.0788. The molecule has 17 heavy (non-hydrogen) atoms. The van der Waals surface area contributed by atoms with E-state index in [-0.39, 0.29) is 12.0 Å². The van der Waals surface area contributed by atoms with Gasteiger partial charge in [-0.15, -0.1) is 0 Å². The highest BCUT2D eigenvalue weighted by atomic mass is 16.5. The number of nitrogens with two attached hydrogens (primary N) is 1. The zero-order valence-corrected chi connectivity index (χ0v) is 10.1. The molecule has 0 aliphatic carbocycles. The molecule has 4 nitrogen and oxygen atoms in total. The Morgan fingerprint density at radius 2 is 2.12 bits per heavy atom. The molecule has 0 bridgehead atoms. The van der Waals surface area contributed by atoms with Crippen LogP contribution in [0.3, 0.4) is 0 Å². The van der Waals surface area contributed by atoms with Crippen molar-refractivity contribution in [2.45, 2.75) is 18.9 Å². The second-order valence-corrected chi connectivity index (χ2v) is 4.46. The molecule has 2 N–H and O–H groups in total. The average Bonchev–Trinajstić information content (AvgIpc) is 2.45. The highest BCUT2D eigenvalue weighted by molar-refractivity contribution is 5.76. The molecule has 1 aromatic rings. The summed E-state index contributed by atoms with van der Waals surface area (Å²) in [5.74, 6) is 0.157. The lowest BCUT2D eigenvalue weighted by atomic mass is 10.1. The van der Waals surface area contributed by atoms with E-state index in [9.17, 15) is 4.79 Å². The topological polar surface area (TPSA) is 55.6 Å². The van der Waals surface area contributed by atoms with Crippen LogP contribution in [-0.2, 0) is 16.0 Å². The standard InChI is InChI=1S/C13H18N2O2/c1-15-9-12(17-7-6-13(15)16)8-10-2-4-11(14)5-3-10/h2-5,12H,6-9,14H2,1H3. The van der Waals surface area contributed by atoms with Gasteiger partial charge in [0.05, 0.1) is 19.1 Å². The van der Waals surface area contributed by atoms with Gasteiger partial charge in [0.15, 0.2) is 0 Å². The molecule has 1 aliphatic rings. The van der Waals surface area contributed by atoms with Gasteiger partial charge in [0.1, 0.15) is 0 Å². The molecule has 1 aromatic carbocycles. The van der Waals surface area contributed by atoms with E-state index in [4.69, 9.17) is 10.5 Å². The number of anilines is 1. The molecule has 1 amide bonds. The summed E-state index contributed by atoms with van der Waals surface area (Å²) in [5, 5.41) is 0. The smallest absolute Gasteiger partial charge is 0.224 e. The second kappa shape index (κ2) is 5.19. The fraction of sp³-hybridized carbons (Fsp3) is 0.462. The van der Waals surface area contributed by atoms with Crippen LogP contribution in [0.15, 0.2) is 24.3 Å². The lowest BCUT2D eigenvalue weighted by Crippen LogP contribution is -2.32. The Kier molecular flexibility index (Phi) is 3.64. The Balaban J connectivity index is 1.98. The second-order valence-electron chi connectivity index (χ2n) is 4.46. The first-order chi connectivity index (χ1) is 8.15. The van der Waals surface area contributed by atoms with E-state index in [0.717, 1.165) is 12.1 Å². The number of carbonyl (C=O) groups is 1. The fourth-order valence-electron chi connectivity index (χ4n) is 2.00. The Labute approximate surface area is 101 Å². The molecule has 1 heterocycles. The van der Waals surface area contributed by atoms with Gasteiger partial charge in [0.25, 0.3) is 0 Å². The van der Waals surface area contributed by atoms with Crippen molar-refractivity contribution < 1.29 is 9.53 Å². The number of amides is 1. The monoisotopic (exact) mass is 234 g/mol. The molecular formula is C13H18N2O2. The number of nitrogens with zero attached hydrogens (tertiary/aromatic N) is 1. The SMILES string of the molecule is CN1CC(Cc2ccc(N)cc2)OCCC1=O. The Bertz CT molecular complexity index is 389. The first kappa shape index (κ1) is 11.9. The number of hydrogen-bond acceptors (Lipinski definition) is 3. The highest BCUT2D eigenvalue weighted by Crippen LogP contribution is 2.13. The number of likely N-dealkylation sites (N-methyl/N-ethyl adjacent to an activating group) is 1. The van der Waals surface area contributed by atoms with E-state index < -0.39 is 0 Å². The van der Waals surface area contributed by atoms with Crippen LogP contribution in [0.25, 0.3) is 0 Å². The van der Waals surface area contributed by atoms with Gasteiger partial charge in [-0.05, 0) is 17.7 Å². The normalized spacial score (nSPS) is 21.4. The third-order valence-corrected chi connectivity index (χ3v) is 3.02. The van der Waals surface area contributed by atoms with E-state index in [0.29, 0.717) is 19.6 Å². The Hall–Kier alpha value is -1.55. The maximum absolute atomic E-state index is 11.5. The summed E-state index contributed by atoms with van der Waals surface area (Å²) >= 11 is 0. The van der Waals surface area contributed by atoms with Gasteiger partial charge >= 0.3 is 0 Å². The van der Waals surface area contributed by atoms with Crippen molar-refractivity contribution in [3.8, 4) is 0 Å². The first-order valence-corrected chi connectivity index (χ1v) is 5.85. The van der Waals surface area contributed by atoms with Crippen molar-refractivity contribution in [2.24, 2.45) is 0 Å². The van der Waals surface area contributed by atoms with Crippen LogP contribution in [0.2, 0.25) is 0 Å². The molecule has 1 atom stereocenters. The summed E-state index contributed by atoms with van der Waals surface area (Å²) in [4.78, 5) is 13.2. The summed E-state index contributed by atoms with van der Waals surface area (Å²) < 4.78 is 5.68. The van der Waals surface area contributed by atoms with Crippen molar-refractivity contribution in [1.82, 2.24) is 4.90 Å². The van der Waals surface area contributed by atoms with Gasteiger partial charge in [-0.2, -0.15) is 0 Å². The number of benzene rings is 1. The van der Waals surface area contributed by atoms with Gasteiger partial charge in [0.2, 0.25) is 5.91 Å². The molecule has 0 saturated carbocycles. The number of nitrogen functional groups attached to an aromatic ring is 1. The van der Waals surface area contributed by atoms with Gasteiger partial charge in [-0.1, -0.05) is 12.1 Å². The molecule has 0 radical (unpaired) electrons. The summed E-state index contributed by atoms with van der Waals surface area (Å²) in [6.45, 7) is 1.17. The summed E-state index contributed by atoms with van der Waals surface area (Å²) in [6.07, 6.45) is 1.38. The third kappa shape index (κ3) is 3.20. The van der Waals surface area contributed by atoms with Gasteiger partial charge in [-0.3, -0.25) is 4.79 Å². The van der Waals surface area contributed by atoms with Crippen LogP contribution in [0.1, 0.15) is 12.0 Å². The molecular weight excluding hydrogens is 216 g/mol. The van der Waals surface area contributed by atoms with Crippen LogP contribution in [-0.4, -0.2) is 37.1 Å². The fourth-order valence-corrected chi connectivity index (χ4v) is 2.00. The molecule has 4 heteroatoms. The molecule has 1 saturated heterocycles. The molecule has 1 aliphatic heterocycles. The largest absolute Gasteiger partial charge is 0.399 e. The zero-order chi connectivity index (χ0) is 12.3. The molecule has 1 unspecified atom stereocenters. The lowest BCUT2D eigenvalue weighted by molar-refractivity contribution is -0.129. The van der Waals surface area contributed by atoms with E-state index in [1.54, 1.807) is 4.90 Å². The molecule has 2 rings (SSSR count). The zero-order valence-electron chi connectivity index (χ0n) is 10.1. The van der Waals surface area contributed by atoms with Gasteiger partial charge in [0, 0.05) is 25.7 Å². The van der Waals surface area contributed by atoms with E-state index in [1.807, 2.05) is 31.3 Å². The van der Waals surface area contributed by atoms with Gasteiger partial charge in [-0.25, -0.2) is 0 Å². The minimum Gasteiger partial charge on any atom is -0.399 e. The van der Waals surface area contributed by atoms with Crippen molar-refractivity contribution in [1.29, 1.82) is 0 Å². The van der Waals surface area contributed by atoms with Crippen LogP contribution < -0.4 is 5.73 Å². The van der Waals surface area contributed by atoms with Gasteiger partial charge < -0.3 is 15.4 Å². The van der Waals surface area contributed by atoms with Crippen molar-refractivity contribution in [2.75, 3.05) is 25.9 Å². The van der Waals surface area contributed by atoms with E-state index >= 15 is 0 Å². The Morgan fingerprint density at radius 3 is 2.82 bits per heavy atom. The average molecular weight is 234 g/mol. The maximum atomic E-state index is 11.5. The summed E-state index contributed by atoms with van der Waals surface area (Å²) in [6, 6.07) is 7.79. The Morgan fingerprint density at radius 1 is 1.41 bits per heavy atom. The van der Waals surface area contributed by atoms with Crippen LogP contribution >= 0.6 is 0 Å². The number of rotatable bonds is 2. The maximum Gasteiger partial charge on any atom is 0.224 e. The van der Waals surface area contributed by atoms with Crippen LogP contribution in [0.4, 0.5) is 5.69 Å². The third-order valence-electron chi connectivity index (χ3n) is 3.02. The quantitative estimate of drug-likeness (QED) is 0.778. The molecule has 1 fully saturated rings. The number of hydrogen-bond donors (Lipinski definition) is 1. The number of ether oxygens (including phenoxy) is 1. The predicted molar refractivity (Wildman–Crippen MR) is 66.6 cm³/mol. The lowest BCUT2D eigenvalue weighted by Gasteiger charge is -2.20. The number of carbonyl (C=O) groups excluding carboxylic acids is 1. The summed E-state index contributed by atoms with van der Waals surface area (Å²) in [7, 11) is 1.83. The minimum atomic E-state index is 0.0788. The van der Waals surface area contributed by atoms with Crippen LogP contribution in [0.5, 0.6) is 0 Å². The molecule has 92 valence electrons. The highest BCUT2D eigenvalue weighted by Gasteiger charge is 2.20. The first-order valence-electron chi connectivity index (χ1n) is 5.85. The van der Waals surface area contributed by atoms with E-state index in [1.165, 1.54) is 5.56 Å². The van der Waals surface area contributed by atoms with Crippen LogP contribution in [0, 0.1) is 0 Å². The van der Waals surface area contributed by atoms with Crippen molar-refractivity contribution in [3.63, 3.8) is 0 Å².